The predicted octanol–water partition coefficient (Wildman–Crippen LogP) is 2.49. The number of nitrogens with zero attached hydrogens (tertiary/aromatic N) is 1. The van der Waals surface area contributed by atoms with Crippen LogP contribution in [0.2, 0.25) is 0 Å². The van der Waals surface area contributed by atoms with Crippen molar-refractivity contribution in [3.8, 4) is 17.6 Å². The number of methoxy groups -OCH3 is 1. The zero-order valence-electron chi connectivity index (χ0n) is 8.30. The summed E-state index contributed by atoms with van der Waals surface area (Å²) < 4.78 is 41.8. The third kappa shape index (κ3) is 2.37. The van der Waals surface area contributed by atoms with Crippen LogP contribution in [0.4, 0.5) is 13.2 Å². The molecule has 0 aromatic heterocycles. The number of halogens is 3. The fraction of sp³-hybridized carbons (Fsp3) is 0.300. The molecule has 0 saturated heterocycles. The van der Waals surface area contributed by atoms with E-state index in [9.17, 15) is 18.3 Å². The van der Waals surface area contributed by atoms with Crippen LogP contribution < -0.4 is 4.74 Å². The zero-order valence-corrected chi connectivity index (χ0v) is 8.30. The molecule has 0 radical (unpaired) electrons. The summed E-state index contributed by atoms with van der Waals surface area (Å²) in [7, 11) is 1.18. The average molecular weight is 231 g/mol. The fourth-order valence-electron chi connectivity index (χ4n) is 1.23. The molecule has 0 heterocycles. The maximum Gasteiger partial charge on any atom is 0.416 e. The van der Waals surface area contributed by atoms with Gasteiger partial charge in [-0.15, -0.1) is 0 Å². The molecule has 3 nitrogen and oxygen atoms in total. The van der Waals surface area contributed by atoms with Gasteiger partial charge in [0.1, 0.15) is 11.5 Å². The molecule has 0 atom stereocenters. The lowest BCUT2D eigenvalue weighted by Crippen LogP contribution is -2.06. The third-order valence-electron chi connectivity index (χ3n) is 1.99. The predicted molar refractivity (Wildman–Crippen MR) is 49.0 cm³/mol. The van der Waals surface area contributed by atoms with E-state index in [0.29, 0.717) is 6.07 Å². The molecule has 16 heavy (non-hydrogen) atoms. The van der Waals surface area contributed by atoms with Crippen molar-refractivity contribution in [2.45, 2.75) is 12.6 Å². The van der Waals surface area contributed by atoms with Gasteiger partial charge in [-0.1, -0.05) is 0 Å². The minimum absolute atomic E-state index is 0.0537. The second kappa shape index (κ2) is 4.31. The first-order valence-electron chi connectivity index (χ1n) is 4.24. The van der Waals surface area contributed by atoms with E-state index < -0.39 is 17.5 Å². The molecule has 1 aromatic carbocycles. The Morgan fingerprint density at radius 1 is 1.44 bits per heavy atom. The summed E-state index contributed by atoms with van der Waals surface area (Å²) in [6.07, 6.45) is -4.77. The number of ether oxygens (including phenoxy) is 1. The van der Waals surface area contributed by atoms with E-state index in [0.717, 1.165) is 6.07 Å². The van der Waals surface area contributed by atoms with Gasteiger partial charge in [0.05, 0.1) is 25.2 Å². The van der Waals surface area contributed by atoms with Crippen LogP contribution in [0, 0.1) is 11.3 Å². The van der Waals surface area contributed by atoms with Crippen molar-refractivity contribution < 1.29 is 23.0 Å². The lowest BCUT2D eigenvalue weighted by atomic mass is 10.1. The van der Waals surface area contributed by atoms with Crippen LogP contribution in [0.15, 0.2) is 12.1 Å². The van der Waals surface area contributed by atoms with Gasteiger partial charge in [-0.05, 0) is 12.1 Å². The number of alkyl halides is 3. The van der Waals surface area contributed by atoms with E-state index in [-0.39, 0.29) is 17.7 Å². The van der Waals surface area contributed by atoms with Crippen LogP contribution in [0.3, 0.4) is 0 Å². The van der Waals surface area contributed by atoms with Crippen molar-refractivity contribution in [1.82, 2.24) is 0 Å². The summed E-state index contributed by atoms with van der Waals surface area (Å²) in [5.41, 5.74) is -0.957. The Labute approximate surface area is 89.7 Å². The van der Waals surface area contributed by atoms with Gasteiger partial charge in [0, 0.05) is 5.56 Å². The zero-order chi connectivity index (χ0) is 12.3. The Balaban J connectivity index is 3.33. The minimum atomic E-state index is -4.56. The molecule has 1 N–H and O–H groups in total. The first kappa shape index (κ1) is 12.2. The second-order valence-corrected chi connectivity index (χ2v) is 3.01. The van der Waals surface area contributed by atoms with Crippen molar-refractivity contribution in [2.24, 2.45) is 0 Å². The topological polar surface area (TPSA) is 53.2 Å². The van der Waals surface area contributed by atoms with Crippen LogP contribution in [0.5, 0.6) is 11.5 Å². The molecule has 1 rings (SSSR count). The average Bonchev–Trinajstić information content (AvgIpc) is 2.19. The number of phenols is 1. The number of aromatic hydroxyl groups is 1. The van der Waals surface area contributed by atoms with Gasteiger partial charge >= 0.3 is 6.18 Å². The number of phenolic OH excluding ortho intramolecular Hbond substituents is 1. The molecule has 0 aliphatic rings. The third-order valence-corrected chi connectivity index (χ3v) is 1.99. The van der Waals surface area contributed by atoms with Crippen LogP contribution in [0.25, 0.3) is 0 Å². The number of rotatable bonds is 2. The van der Waals surface area contributed by atoms with Crippen LogP contribution in [0.1, 0.15) is 11.1 Å². The van der Waals surface area contributed by atoms with E-state index in [2.05, 4.69) is 0 Å². The second-order valence-electron chi connectivity index (χ2n) is 3.01. The molecule has 1 aromatic rings. The molecule has 0 saturated carbocycles. The first-order valence-corrected chi connectivity index (χ1v) is 4.24. The highest BCUT2D eigenvalue weighted by Crippen LogP contribution is 2.37. The van der Waals surface area contributed by atoms with E-state index >= 15 is 0 Å². The van der Waals surface area contributed by atoms with E-state index in [1.807, 2.05) is 0 Å². The number of hydrogen-bond acceptors (Lipinski definition) is 3. The SMILES string of the molecule is COc1cc(C(F)(F)F)cc(O)c1CC#N. The van der Waals surface area contributed by atoms with Crippen molar-refractivity contribution in [1.29, 1.82) is 5.26 Å². The summed E-state index contributed by atoms with van der Waals surface area (Å²) in [5.74, 6) is -0.734. The molecule has 0 amide bonds. The monoisotopic (exact) mass is 231 g/mol. The highest BCUT2D eigenvalue weighted by atomic mass is 19.4. The van der Waals surface area contributed by atoms with Gasteiger partial charge in [-0.3, -0.25) is 0 Å². The number of nitriles is 1. The Kier molecular flexibility index (Phi) is 3.28. The lowest BCUT2D eigenvalue weighted by molar-refractivity contribution is -0.137. The molecular formula is C10H8F3NO2. The van der Waals surface area contributed by atoms with Crippen LogP contribution in [-0.4, -0.2) is 12.2 Å². The maximum atomic E-state index is 12.4. The largest absolute Gasteiger partial charge is 0.507 e. The Bertz CT molecular complexity index is 435. The minimum Gasteiger partial charge on any atom is -0.507 e. The van der Waals surface area contributed by atoms with E-state index in [4.69, 9.17) is 10.00 Å². The standard InChI is InChI=1S/C10H8F3NO2/c1-16-9-5-6(10(11,12)13)4-8(15)7(9)2-3-14/h4-5,15H,2H2,1H3. The normalized spacial score (nSPS) is 10.9. The quantitative estimate of drug-likeness (QED) is 0.850. The van der Waals surface area contributed by atoms with Gasteiger partial charge in [0.15, 0.2) is 0 Å². The summed E-state index contributed by atoms with van der Waals surface area (Å²) >= 11 is 0. The Morgan fingerprint density at radius 3 is 2.50 bits per heavy atom. The molecular weight excluding hydrogens is 223 g/mol. The van der Waals surface area contributed by atoms with Gasteiger partial charge in [-0.2, -0.15) is 18.4 Å². The Hall–Kier alpha value is -1.90. The summed E-state index contributed by atoms with van der Waals surface area (Å²) in [6, 6.07) is 3.07. The van der Waals surface area contributed by atoms with E-state index in [1.165, 1.54) is 7.11 Å². The van der Waals surface area contributed by atoms with Gasteiger partial charge in [0.2, 0.25) is 0 Å². The summed E-state index contributed by atoms with van der Waals surface area (Å²) in [6.45, 7) is 0. The molecule has 6 heteroatoms. The maximum absolute atomic E-state index is 12.4. The van der Waals surface area contributed by atoms with Gasteiger partial charge in [-0.25, -0.2) is 0 Å². The van der Waals surface area contributed by atoms with Crippen molar-refractivity contribution in [3.05, 3.63) is 23.3 Å². The van der Waals surface area contributed by atoms with Gasteiger partial charge in [0.25, 0.3) is 0 Å². The smallest absolute Gasteiger partial charge is 0.416 e. The van der Waals surface area contributed by atoms with Crippen LogP contribution in [-0.2, 0) is 12.6 Å². The molecule has 0 fully saturated rings. The highest BCUT2D eigenvalue weighted by molar-refractivity contribution is 5.49. The molecule has 86 valence electrons. The molecule has 0 unspecified atom stereocenters. The number of benzene rings is 1. The fourth-order valence-corrected chi connectivity index (χ4v) is 1.23. The van der Waals surface area contributed by atoms with Gasteiger partial charge < -0.3 is 9.84 Å². The Morgan fingerprint density at radius 2 is 2.06 bits per heavy atom. The summed E-state index contributed by atoms with van der Waals surface area (Å²) in [4.78, 5) is 0. The summed E-state index contributed by atoms with van der Waals surface area (Å²) in [5, 5.41) is 17.8. The van der Waals surface area contributed by atoms with Crippen molar-refractivity contribution >= 4 is 0 Å². The molecule has 0 aliphatic carbocycles. The van der Waals surface area contributed by atoms with Crippen molar-refractivity contribution in [2.75, 3.05) is 7.11 Å². The lowest BCUT2D eigenvalue weighted by Gasteiger charge is -2.12. The molecule has 0 spiro atoms. The molecule has 0 bridgehead atoms. The highest BCUT2D eigenvalue weighted by Gasteiger charge is 2.32. The van der Waals surface area contributed by atoms with Crippen molar-refractivity contribution in [3.63, 3.8) is 0 Å². The van der Waals surface area contributed by atoms with Crippen LogP contribution >= 0.6 is 0 Å². The van der Waals surface area contributed by atoms with E-state index in [1.54, 1.807) is 6.07 Å². The first-order chi connectivity index (χ1) is 7.40. The number of hydrogen-bond donors (Lipinski definition) is 1. The molecule has 0 aliphatic heterocycles.